The minimum absolute atomic E-state index is 0.280. The van der Waals surface area contributed by atoms with Crippen LogP contribution in [0.25, 0.3) is 11.4 Å². The van der Waals surface area contributed by atoms with Crippen molar-refractivity contribution in [2.24, 2.45) is 7.05 Å². The van der Waals surface area contributed by atoms with Crippen LogP contribution in [0.3, 0.4) is 0 Å². The van der Waals surface area contributed by atoms with Crippen LogP contribution < -0.4 is 5.32 Å². The molecule has 0 spiro atoms. The van der Waals surface area contributed by atoms with Crippen LogP contribution in [0.4, 0.5) is 13.2 Å². The highest BCUT2D eigenvalue weighted by Gasteiger charge is 2.35. The standard InChI is InChI=1S/C17H17F3N6/c1-25-15(7-16(23-25)17(18,19)20)14-10-26(24-22-14)9-12-4-2-3-11-8-21-6-5-13(11)12/h2-4,7,10,21H,5-6,8-9H2,1H3. The summed E-state index contributed by atoms with van der Waals surface area (Å²) in [6, 6.07) is 7.16. The number of hydrogen-bond donors (Lipinski definition) is 1. The number of rotatable bonds is 3. The average Bonchev–Trinajstić information content (AvgIpc) is 3.21. The first-order valence-electron chi connectivity index (χ1n) is 8.24. The van der Waals surface area contributed by atoms with Crippen molar-refractivity contribution in [2.75, 3.05) is 6.54 Å². The molecular formula is C17H17F3N6. The van der Waals surface area contributed by atoms with Crippen LogP contribution in [-0.4, -0.2) is 31.3 Å². The molecule has 2 aromatic heterocycles. The van der Waals surface area contributed by atoms with Gasteiger partial charge < -0.3 is 5.32 Å². The topological polar surface area (TPSA) is 60.6 Å². The van der Waals surface area contributed by atoms with Gasteiger partial charge in [0.05, 0.1) is 18.4 Å². The van der Waals surface area contributed by atoms with Gasteiger partial charge >= 0.3 is 6.18 Å². The molecule has 0 saturated carbocycles. The van der Waals surface area contributed by atoms with E-state index in [-0.39, 0.29) is 5.69 Å². The molecule has 136 valence electrons. The first-order valence-corrected chi connectivity index (χ1v) is 8.24. The third-order valence-electron chi connectivity index (χ3n) is 4.54. The minimum atomic E-state index is -4.48. The molecule has 9 heteroatoms. The maximum absolute atomic E-state index is 12.8. The minimum Gasteiger partial charge on any atom is -0.312 e. The summed E-state index contributed by atoms with van der Waals surface area (Å²) in [5, 5.41) is 15.0. The molecule has 0 saturated heterocycles. The van der Waals surface area contributed by atoms with Gasteiger partial charge in [0.1, 0.15) is 5.69 Å². The van der Waals surface area contributed by atoms with Crippen molar-refractivity contribution in [3.63, 3.8) is 0 Å². The number of fused-ring (bicyclic) bond motifs is 1. The van der Waals surface area contributed by atoms with Gasteiger partial charge in [0.2, 0.25) is 0 Å². The maximum atomic E-state index is 12.8. The number of nitrogens with one attached hydrogen (secondary N) is 1. The van der Waals surface area contributed by atoms with Crippen LogP contribution >= 0.6 is 0 Å². The normalized spacial score (nSPS) is 14.5. The Morgan fingerprint density at radius 1 is 1.27 bits per heavy atom. The second kappa shape index (κ2) is 6.24. The van der Waals surface area contributed by atoms with Crippen molar-refractivity contribution in [1.82, 2.24) is 30.1 Å². The molecule has 26 heavy (non-hydrogen) atoms. The summed E-state index contributed by atoms with van der Waals surface area (Å²) in [5.41, 5.74) is 3.44. The number of aryl methyl sites for hydroxylation is 1. The van der Waals surface area contributed by atoms with Crippen LogP contribution in [-0.2, 0) is 32.7 Å². The van der Waals surface area contributed by atoms with E-state index in [0.29, 0.717) is 12.2 Å². The number of nitrogens with zero attached hydrogens (tertiary/aromatic N) is 5. The van der Waals surface area contributed by atoms with Crippen molar-refractivity contribution in [3.8, 4) is 11.4 Å². The van der Waals surface area contributed by atoms with Gasteiger partial charge in [0.15, 0.2) is 5.69 Å². The molecule has 1 aromatic carbocycles. The molecule has 0 fully saturated rings. The maximum Gasteiger partial charge on any atom is 0.435 e. The number of alkyl halides is 3. The summed E-state index contributed by atoms with van der Waals surface area (Å²) in [5.74, 6) is 0. The van der Waals surface area contributed by atoms with Gasteiger partial charge in [-0.2, -0.15) is 18.3 Å². The Balaban J connectivity index is 1.61. The van der Waals surface area contributed by atoms with Gasteiger partial charge in [-0.05, 0) is 35.7 Å². The molecule has 6 nitrogen and oxygen atoms in total. The predicted octanol–water partition coefficient (Wildman–Crippen LogP) is 2.39. The van der Waals surface area contributed by atoms with Crippen LogP contribution in [0.15, 0.2) is 30.5 Å². The fraction of sp³-hybridized carbons (Fsp3) is 0.353. The van der Waals surface area contributed by atoms with Crippen molar-refractivity contribution in [3.05, 3.63) is 52.8 Å². The molecule has 0 amide bonds. The van der Waals surface area contributed by atoms with Gasteiger partial charge in [-0.3, -0.25) is 4.68 Å². The van der Waals surface area contributed by atoms with Gasteiger partial charge in [0.25, 0.3) is 0 Å². The molecule has 1 N–H and O–H groups in total. The van der Waals surface area contributed by atoms with E-state index >= 15 is 0 Å². The predicted molar refractivity (Wildman–Crippen MR) is 88.2 cm³/mol. The fourth-order valence-electron chi connectivity index (χ4n) is 3.27. The molecule has 0 radical (unpaired) electrons. The zero-order valence-electron chi connectivity index (χ0n) is 14.1. The van der Waals surface area contributed by atoms with Crippen LogP contribution in [0, 0.1) is 0 Å². The summed E-state index contributed by atoms with van der Waals surface area (Å²) in [6.45, 7) is 2.31. The van der Waals surface area contributed by atoms with E-state index in [2.05, 4.69) is 32.9 Å². The second-order valence-electron chi connectivity index (χ2n) is 6.32. The van der Waals surface area contributed by atoms with Crippen LogP contribution in [0.5, 0.6) is 0 Å². The highest BCUT2D eigenvalue weighted by molar-refractivity contribution is 5.53. The Labute approximate surface area is 147 Å². The molecule has 4 rings (SSSR count). The van der Waals surface area contributed by atoms with Crippen LogP contribution in [0.1, 0.15) is 22.4 Å². The number of hydrogen-bond acceptors (Lipinski definition) is 4. The first-order chi connectivity index (χ1) is 12.4. The highest BCUT2D eigenvalue weighted by Crippen LogP contribution is 2.30. The zero-order chi connectivity index (χ0) is 18.3. The van der Waals surface area contributed by atoms with Crippen molar-refractivity contribution >= 4 is 0 Å². The molecule has 0 atom stereocenters. The lowest BCUT2D eigenvalue weighted by atomic mass is 9.95. The summed E-state index contributed by atoms with van der Waals surface area (Å²) < 4.78 is 41.3. The van der Waals surface area contributed by atoms with Crippen LogP contribution in [0.2, 0.25) is 0 Å². The van der Waals surface area contributed by atoms with E-state index in [1.807, 2.05) is 6.07 Å². The monoisotopic (exact) mass is 362 g/mol. The van der Waals surface area contributed by atoms with E-state index in [9.17, 15) is 13.2 Å². The summed E-state index contributed by atoms with van der Waals surface area (Å²) >= 11 is 0. The molecule has 3 aromatic rings. The summed E-state index contributed by atoms with van der Waals surface area (Å²) in [7, 11) is 1.46. The average molecular weight is 362 g/mol. The number of aromatic nitrogens is 5. The van der Waals surface area contributed by atoms with Crippen molar-refractivity contribution in [1.29, 1.82) is 0 Å². The van der Waals surface area contributed by atoms with E-state index in [1.165, 1.54) is 22.9 Å². The van der Waals surface area contributed by atoms with E-state index in [0.717, 1.165) is 31.1 Å². The zero-order valence-corrected chi connectivity index (χ0v) is 14.1. The van der Waals surface area contributed by atoms with E-state index < -0.39 is 11.9 Å². The quantitative estimate of drug-likeness (QED) is 0.777. The number of benzene rings is 1. The molecule has 0 bridgehead atoms. The van der Waals surface area contributed by atoms with Gasteiger partial charge in [-0.1, -0.05) is 23.4 Å². The summed E-state index contributed by atoms with van der Waals surface area (Å²) in [4.78, 5) is 0. The molecule has 0 aliphatic carbocycles. The van der Waals surface area contributed by atoms with Gasteiger partial charge in [-0.25, -0.2) is 4.68 Å². The van der Waals surface area contributed by atoms with E-state index in [4.69, 9.17) is 0 Å². The molecule has 1 aliphatic rings. The fourth-order valence-corrected chi connectivity index (χ4v) is 3.27. The lowest BCUT2D eigenvalue weighted by Crippen LogP contribution is -2.25. The van der Waals surface area contributed by atoms with E-state index in [1.54, 1.807) is 10.9 Å². The number of halogens is 3. The third-order valence-corrected chi connectivity index (χ3v) is 4.54. The largest absolute Gasteiger partial charge is 0.435 e. The summed E-state index contributed by atoms with van der Waals surface area (Å²) in [6.07, 6.45) is -1.88. The molecular weight excluding hydrogens is 345 g/mol. The highest BCUT2D eigenvalue weighted by atomic mass is 19.4. The SMILES string of the molecule is Cn1nc(C(F)(F)F)cc1-c1cn(Cc2cccc3c2CCNC3)nn1. The van der Waals surface area contributed by atoms with Crippen molar-refractivity contribution in [2.45, 2.75) is 25.7 Å². The Bertz CT molecular complexity index is 940. The van der Waals surface area contributed by atoms with Gasteiger partial charge in [-0.15, -0.1) is 5.10 Å². The lowest BCUT2D eigenvalue weighted by Gasteiger charge is -2.20. The Kier molecular flexibility index (Phi) is 4.03. The molecule has 0 unspecified atom stereocenters. The Hall–Kier alpha value is -2.68. The Morgan fingerprint density at radius 2 is 2.12 bits per heavy atom. The first kappa shape index (κ1) is 16.8. The molecule has 1 aliphatic heterocycles. The lowest BCUT2D eigenvalue weighted by molar-refractivity contribution is -0.141. The molecule has 3 heterocycles. The van der Waals surface area contributed by atoms with Crippen molar-refractivity contribution < 1.29 is 13.2 Å². The van der Waals surface area contributed by atoms with Gasteiger partial charge in [0, 0.05) is 13.6 Å². The Morgan fingerprint density at radius 3 is 2.88 bits per heavy atom. The third kappa shape index (κ3) is 3.10. The second-order valence-corrected chi connectivity index (χ2v) is 6.32. The smallest absolute Gasteiger partial charge is 0.312 e.